The largest absolute Gasteiger partial charge is 0.330 e. The van der Waals surface area contributed by atoms with E-state index in [0.29, 0.717) is 12.5 Å². The highest BCUT2D eigenvalue weighted by molar-refractivity contribution is 9.10. The number of halogens is 1. The third-order valence-electron chi connectivity index (χ3n) is 4.37. The van der Waals surface area contributed by atoms with E-state index in [1.807, 2.05) is 30.3 Å². The van der Waals surface area contributed by atoms with Crippen LogP contribution in [0.15, 0.2) is 40.9 Å². The van der Waals surface area contributed by atoms with Gasteiger partial charge in [0.2, 0.25) is 5.91 Å². The summed E-state index contributed by atoms with van der Waals surface area (Å²) >= 11 is 3.47. The van der Waals surface area contributed by atoms with Crippen LogP contribution < -0.4 is 11.1 Å². The van der Waals surface area contributed by atoms with E-state index in [4.69, 9.17) is 5.73 Å². The van der Waals surface area contributed by atoms with Crippen molar-refractivity contribution in [2.75, 3.05) is 11.9 Å². The topological polar surface area (TPSA) is 55.1 Å². The van der Waals surface area contributed by atoms with Gasteiger partial charge in [-0.05, 0) is 60.3 Å². The highest BCUT2D eigenvalue weighted by Gasteiger charge is 2.31. The lowest BCUT2D eigenvalue weighted by atomic mass is 9.95. The summed E-state index contributed by atoms with van der Waals surface area (Å²) in [4.78, 5) is 12.4. The number of hydrogen-bond acceptors (Lipinski definition) is 2. The average molecular weight is 347 g/mol. The van der Waals surface area contributed by atoms with Gasteiger partial charge in [-0.1, -0.05) is 34.5 Å². The first-order valence-electron chi connectivity index (χ1n) is 7.37. The minimum Gasteiger partial charge on any atom is -0.330 e. The van der Waals surface area contributed by atoms with Gasteiger partial charge in [0, 0.05) is 16.1 Å². The Morgan fingerprint density at radius 2 is 1.95 bits per heavy atom. The van der Waals surface area contributed by atoms with Gasteiger partial charge < -0.3 is 11.1 Å². The predicted molar refractivity (Wildman–Crippen MR) is 90.2 cm³/mol. The minimum atomic E-state index is 0.0654. The molecule has 2 aromatic rings. The number of nitrogens with two attached hydrogens (primary N) is 1. The number of carbonyl (C=O) groups is 1. The van der Waals surface area contributed by atoms with Gasteiger partial charge in [0.1, 0.15) is 0 Å². The molecule has 1 amide bonds. The van der Waals surface area contributed by atoms with Gasteiger partial charge in [-0.3, -0.25) is 4.79 Å². The second-order valence-corrected chi connectivity index (χ2v) is 6.64. The number of hydrogen-bond donors (Lipinski definition) is 2. The van der Waals surface area contributed by atoms with Gasteiger partial charge in [-0.2, -0.15) is 0 Å². The Morgan fingerprint density at radius 3 is 2.76 bits per heavy atom. The highest BCUT2D eigenvalue weighted by Crippen LogP contribution is 2.32. The summed E-state index contributed by atoms with van der Waals surface area (Å²) in [7, 11) is 0. The molecule has 2 aromatic carbocycles. The monoisotopic (exact) mass is 346 g/mol. The quantitative estimate of drug-likeness (QED) is 0.884. The molecule has 0 spiro atoms. The number of carbonyl (C=O) groups excluding carboxylic acids is 1. The number of fused-ring (bicyclic) bond motifs is 1. The van der Waals surface area contributed by atoms with Crippen LogP contribution in [0, 0.1) is 11.8 Å². The molecule has 2 atom stereocenters. The van der Waals surface area contributed by atoms with Crippen molar-refractivity contribution in [2.24, 2.45) is 17.6 Å². The Kier molecular flexibility index (Phi) is 4.27. The van der Waals surface area contributed by atoms with E-state index in [0.717, 1.165) is 40.2 Å². The Hall–Kier alpha value is -1.39. The van der Waals surface area contributed by atoms with Crippen LogP contribution >= 0.6 is 15.9 Å². The van der Waals surface area contributed by atoms with Gasteiger partial charge in [-0.15, -0.1) is 0 Å². The van der Waals surface area contributed by atoms with Crippen molar-refractivity contribution in [3.05, 3.63) is 40.9 Å². The smallest absolute Gasteiger partial charge is 0.227 e. The molecule has 110 valence electrons. The molecule has 3 nitrogen and oxygen atoms in total. The fourth-order valence-corrected chi connectivity index (χ4v) is 3.57. The summed E-state index contributed by atoms with van der Waals surface area (Å²) in [6.45, 7) is 0.601. The second-order valence-electron chi connectivity index (χ2n) is 5.73. The second kappa shape index (κ2) is 6.16. The zero-order valence-corrected chi connectivity index (χ0v) is 13.4. The average Bonchev–Trinajstić information content (AvgIpc) is 2.96. The lowest BCUT2D eigenvalue weighted by molar-refractivity contribution is -0.120. The predicted octanol–water partition coefficient (Wildman–Crippen LogP) is 3.92. The van der Waals surface area contributed by atoms with Crippen LogP contribution in [0.2, 0.25) is 0 Å². The van der Waals surface area contributed by atoms with E-state index >= 15 is 0 Å². The van der Waals surface area contributed by atoms with Crippen molar-refractivity contribution in [1.29, 1.82) is 0 Å². The third kappa shape index (κ3) is 3.11. The van der Waals surface area contributed by atoms with Crippen molar-refractivity contribution < 1.29 is 4.79 Å². The van der Waals surface area contributed by atoms with Crippen LogP contribution in [0.4, 0.5) is 5.69 Å². The zero-order valence-electron chi connectivity index (χ0n) is 11.8. The maximum Gasteiger partial charge on any atom is 0.227 e. The summed E-state index contributed by atoms with van der Waals surface area (Å²) in [6, 6.07) is 12.1. The van der Waals surface area contributed by atoms with Crippen LogP contribution in [0.1, 0.15) is 19.3 Å². The molecule has 3 N–H and O–H groups in total. The Bertz CT molecular complexity index is 671. The van der Waals surface area contributed by atoms with E-state index in [2.05, 4.69) is 27.3 Å². The van der Waals surface area contributed by atoms with Gasteiger partial charge in [0.05, 0.1) is 0 Å². The van der Waals surface area contributed by atoms with Crippen LogP contribution in [-0.4, -0.2) is 12.5 Å². The first-order chi connectivity index (χ1) is 10.2. The van der Waals surface area contributed by atoms with Crippen molar-refractivity contribution in [3.63, 3.8) is 0 Å². The van der Waals surface area contributed by atoms with Crippen molar-refractivity contribution in [2.45, 2.75) is 19.3 Å². The van der Waals surface area contributed by atoms with Crippen LogP contribution in [0.5, 0.6) is 0 Å². The lowest BCUT2D eigenvalue weighted by Crippen LogP contribution is -2.29. The molecule has 1 aliphatic rings. The molecule has 1 fully saturated rings. The molecule has 4 heteroatoms. The fraction of sp³-hybridized carbons (Fsp3) is 0.353. The van der Waals surface area contributed by atoms with Crippen molar-refractivity contribution in [1.82, 2.24) is 0 Å². The zero-order chi connectivity index (χ0) is 14.8. The summed E-state index contributed by atoms with van der Waals surface area (Å²) in [5, 5.41) is 5.33. The van der Waals surface area contributed by atoms with Gasteiger partial charge in [-0.25, -0.2) is 0 Å². The summed E-state index contributed by atoms with van der Waals surface area (Å²) in [5.41, 5.74) is 6.62. The fourth-order valence-electron chi connectivity index (χ4n) is 3.19. The first-order valence-corrected chi connectivity index (χ1v) is 8.17. The molecule has 0 aliphatic heterocycles. The van der Waals surface area contributed by atoms with Crippen LogP contribution in [-0.2, 0) is 4.79 Å². The van der Waals surface area contributed by atoms with E-state index < -0.39 is 0 Å². The molecular weight excluding hydrogens is 328 g/mol. The molecule has 0 aromatic heterocycles. The Labute approximate surface area is 133 Å². The maximum absolute atomic E-state index is 12.4. The molecule has 1 aliphatic carbocycles. The molecule has 21 heavy (non-hydrogen) atoms. The molecule has 0 heterocycles. The number of rotatable bonds is 3. The highest BCUT2D eigenvalue weighted by atomic mass is 79.9. The standard InChI is InChI=1S/C17H19BrN2O/c18-14-6-4-12-9-15(7-5-11(12)8-14)20-17(21)16-3-1-2-13(16)10-19/h4-9,13,16H,1-3,10,19H2,(H,20,21). The van der Waals surface area contributed by atoms with E-state index in [9.17, 15) is 4.79 Å². The lowest BCUT2D eigenvalue weighted by Gasteiger charge is -2.17. The van der Waals surface area contributed by atoms with Gasteiger partial charge in [0.25, 0.3) is 0 Å². The molecule has 1 saturated carbocycles. The first kappa shape index (κ1) is 14.5. The Balaban J connectivity index is 1.78. The third-order valence-corrected chi connectivity index (χ3v) is 4.86. The molecule has 2 unspecified atom stereocenters. The normalized spacial score (nSPS) is 21.6. The number of benzene rings is 2. The van der Waals surface area contributed by atoms with Crippen LogP contribution in [0.25, 0.3) is 10.8 Å². The van der Waals surface area contributed by atoms with Crippen LogP contribution in [0.3, 0.4) is 0 Å². The molecule has 0 bridgehead atoms. The molecule has 0 radical (unpaired) electrons. The molecule has 0 saturated heterocycles. The SMILES string of the molecule is NCC1CCCC1C(=O)Nc1ccc2cc(Br)ccc2c1. The van der Waals surface area contributed by atoms with Gasteiger partial charge >= 0.3 is 0 Å². The van der Waals surface area contributed by atoms with E-state index in [-0.39, 0.29) is 11.8 Å². The Morgan fingerprint density at radius 1 is 1.19 bits per heavy atom. The van der Waals surface area contributed by atoms with Gasteiger partial charge in [0.15, 0.2) is 0 Å². The van der Waals surface area contributed by atoms with Crippen molar-refractivity contribution >= 4 is 38.3 Å². The number of nitrogens with one attached hydrogen (secondary N) is 1. The van der Waals surface area contributed by atoms with E-state index in [1.54, 1.807) is 0 Å². The van der Waals surface area contributed by atoms with Crippen molar-refractivity contribution in [3.8, 4) is 0 Å². The summed E-state index contributed by atoms with van der Waals surface area (Å²) in [6.07, 6.45) is 3.13. The van der Waals surface area contributed by atoms with E-state index in [1.165, 1.54) is 0 Å². The molecular formula is C17H19BrN2O. The number of amides is 1. The number of anilines is 1. The molecule has 3 rings (SSSR count). The maximum atomic E-state index is 12.4. The summed E-state index contributed by atoms with van der Waals surface area (Å²) in [5.74, 6) is 0.511. The minimum absolute atomic E-state index is 0.0654. The summed E-state index contributed by atoms with van der Waals surface area (Å²) < 4.78 is 1.06.